The van der Waals surface area contributed by atoms with Gasteiger partial charge in [-0.25, -0.2) is 9.97 Å². The smallest absolute Gasteiger partial charge is 0.169 e. The van der Waals surface area contributed by atoms with Crippen molar-refractivity contribution in [1.82, 2.24) is 15.3 Å². The summed E-state index contributed by atoms with van der Waals surface area (Å²) < 4.78 is 0. The first kappa shape index (κ1) is 13.2. The first-order valence-electron chi connectivity index (χ1n) is 6.24. The van der Waals surface area contributed by atoms with Gasteiger partial charge in [0.2, 0.25) is 0 Å². The van der Waals surface area contributed by atoms with E-state index in [1.54, 1.807) is 11.3 Å². The van der Waals surface area contributed by atoms with E-state index in [9.17, 15) is 0 Å². The van der Waals surface area contributed by atoms with Crippen molar-refractivity contribution in [3.05, 3.63) is 35.0 Å². The highest BCUT2D eigenvalue weighted by Crippen LogP contribution is 2.21. The third-order valence-electron chi connectivity index (χ3n) is 2.66. The summed E-state index contributed by atoms with van der Waals surface area (Å²) in [6.45, 7) is 8.29. The number of hydrogen-bond donors (Lipinski definition) is 1. The van der Waals surface area contributed by atoms with Crippen LogP contribution in [0.15, 0.2) is 23.7 Å². The summed E-state index contributed by atoms with van der Waals surface area (Å²) >= 11 is 1.67. The van der Waals surface area contributed by atoms with Crippen LogP contribution in [0, 0.1) is 12.8 Å². The minimum absolute atomic E-state index is 0.656. The Kier molecular flexibility index (Phi) is 4.44. The molecule has 4 heteroatoms. The molecule has 3 nitrogen and oxygen atoms in total. The zero-order valence-electron chi connectivity index (χ0n) is 11.1. The molecule has 0 saturated carbocycles. The SMILES string of the molecule is Cc1cnc(-c2cccs2)nc1CNCC(C)C. The molecule has 1 N–H and O–H groups in total. The molecule has 18 heavy (non-hydrogen) atoms. The first-order chi connectivity index (χ1) is 8.66. The number of rotatable bonds is 5. The van der Waals surface area contributed by atoms with Crippen LogP contribution >= 0.6 is 11.3 Å². The summed E-state index contributed by atoms with van der Waals surface area (Å²) in [4.78, 5) is 10.2. The molecule has 0 saturated heterocycles. The molecule has 2 aromatic rings. The van der Waals surface area contributed by atoms with Crippen LogP contribution in [-0.2, 0) is 6.54 Å². The fraction of sp³-hybridized carbons (Fsp3) is 0.429. The van der Waals surface area contributed by atoms with Gasteiger partial charge in [-0.15, -0.1) is 11.3 Å². The summed E-state index contributed by atoms with van der Waals surface area (Å²) in [5.74, 6) is 1.49. The van der Waals surface area contributed by atoms with E-state index in [2.05, 4.69) is 47.5 Å². The minimum atomic E-state index is 0.656. The van der Waals surface area contributed by atoms with Gasteiger partial charge in [0.25, 0.3) is 0 Å². The number of hydrogen-bond acceptors (Lipinski definition) is 4. The predicted octanol–water partition coefficient (Wildman–Crippen LogP) is 3.26. The van der Waals surface area contributed by atoms with Gasteiger partial charge < -0.3 is 5.32 Å². The molecule has 0 spiro atoms. The highest BCUT2D eigenvalue weighted by atomic mass is 32.1. The molecule has 0 aliphatic heterocycles. The molecule has 2 heterocycles. The highest BCUT2D eigenvalue weighted by Gasteiger charge is 2.06. The van der Waals surface area contributed by atoms with E-state index in [0.29, 0.717) is 5.92 Å². The molecule has 0 amide bonds. The quantitative estimate of drug-likeness (QED) is 0.897. The number of aromatic nitrogens is 2. The van der Waals surface area contributed by atoms with Crippen LogP contribution in [0.4, 0.5) is 0 Å². The lowest BCUT2D eigenvalue weighted by Gasteiger charge is -2.09. The third-order valence-corrected chi connectivity index (χ3v) is 3.53. The Morgan fingerprint density at radius 2 is 2.22 bits per heavy atom. The molecule has 0 aliphatic carbocycles. The maximum atomic E-state index is 4.65. The number of aryl methyl sites for hydroxylation is 1. The molecular weight excluding hydrogens is 242 g/mol. The highest BCUT2D eigenvalue weighted by molar-refractivity contribution is 7.13. The number of nitrogens with zero attached hydrogens (tertiary/aromatic N) is 2. The van der Waals surface area contributed by atoms with Crippen LogP contribution in [0.3, 0.4) is 0 Å². The van der Waals surface area contributed by atoms with Gasteiger partial charge in [-0.1, -0.05) is 19.9 Å². The largest absolute Gasteiger partial charge is 0.311 e. The average molecular weight is 261 g/mol. The van der Waals surface area contributed by atoms with Crippen molar-refractivity contribution in [2.75, 3.05) is 6.54 Å². The molecule has 0 fully saturated rings. The van der Waals surface area contributed by atoms with Crippen molar-refractivity contribution >= 4 is 11.3 Å². The second kappa shape index (κ2) is 6.07. The Labute approximate surface area is 112 Å². The molecule has 0 aromatic carbocycles. The monoisotopic (exact) mass is 261 g/mol. The van der Waals surface area contributed by atoms with Gasteiger partial charge in [0.05, 0.1) is 10.6 Å². The zero-order chi connectivity index (χ0) is 13.0. The Morgan fingerprint density at radius 3 is 2.89 bits per heavy atom. The topological polar surface area (TPSA) is 37.8 Å². The summed E-state index contributed by atoms with van der Waals surface area (Å²) in [5.41, 5.74) is 2.24. The van der Waals surface area contributed by atoms with E-state index in [0.717, 1.165) is 35.0 Å². The maximum Gasteiger partial charge on any atom is 0.169 e. The fourth-order valence-electron chi connectivity index (χ4n) is 1.66. The summed E-state index contributed by atoms with van der Waals surface area (Å²) in [7, 11) is 0. The Balaban J connectivity index is 2.12. The van der Waals surface area contributed by atoms with Crippen molar-refractivity contribution in [2.24, 2.45) is 5.92 Å². The van der Waals surface area contributed by atoms with Crippen LogP contribution in [0.5, 0.6) is 0 Å². The molecule has 0 aliphatic rings. The summed E-state index contributed by atoms with van der Waals surface area (Å²) in [6, 6.07) is 4.08. The van der Waals surface area contributed by atoms with Crippen molar-refractivity contribution in [2.45, 2.75) is 27.3 Å². The maximum absolute atomic E-state index is 4.65. The Morgan fingerprint density at radius 1 is 1.39 bits per heavy atom. The van der Waals surface area contributed by atoms with E-state index in [4.69, 9.17) is 0 Å². The van der Waals surface area contributed by atoms with Crippen LogP contribution in [0.1, 0.15) is 25.1 Å². The Bertz CT molecular complexity index is 492. The van der Waals surface area contributed by atoms with Crippen LogP contribution in [0.2, 0.25) is 0 Å². The molecule has 2 rings (SSSR count). The predicted molar refractivity (Wildman–Crippen MR) is 76.6 cm³/mol. The second-order valence-electron chi connectivity index (χ2n) is 4.83. The zero-order valence-corrected chi connectivity index (χ0v) is 11.9. The molecule has 0 radical (unpaired) electrons. The lowest BCUT2D eigenvalue weighted by atomic mass is 10.2. The molecule has 0 unspecified atom stereocenters. The van der Waals surface area contributed by atoms with Gasteiger partial charge in [-0.2, -0.15) is 0 Å². The fourth-order valence-corrected chi connectivity index (χ4v) is 2.32. The summed E-state index contributed by atoms with van der Waals surface area (Å²) in [6.07, 6.45) is 1.91. The third kappa shape index (κ3) is 3.37. The van der Waals surface area contributed by atoms with Crippen molar-refractivity contribution < 1.29 is 0 Å². The number of thiophene rings is 1. The van der Waals surface area contributed by atoms with Crippen LogP contribution in [0.25, 0.3) is 10.7 Å². The van der Waals surface area contributed by atoms with Crippen LogP contribution in [-0.4, -0.2) is 16.5 Å². The minimum Gasteiger partial charge on any atom is -0.311 e. The lowest BCUT2D eigenvalue weighted by Crippen LogP contribution is -2.20. The van der Waals surface area contributed by atoms with E-state index < -0.39 is 0 Å². The van der Waals surface area contributed by atoms with Gasteiger partial charge in [-0.05, 0) is 36.4 Å². The Hall–Kier alpha value is -1.26. The molecule has 0 bridgehead atoms. The van der Waals surface area contributed by atoms with Gasteiger partial charge in [0.1, 0.15) is 0 Å². The van der Waals surface area contributed by atoms with Crippen molar-refractivity contribution in [3.8, 4) is 10.7 Å². The summed E-state index contributed by atoms with van der Waals surface area (Å²) in [5, 5.41) is 5.48. The standard InChI is InChI=1S/C14H19N3S/c1-10(2)7-15-9-12-11(3)8-16-14(17-12)13-5-4-6-18-13/h4-6,8,10,15H,7,9H2,1-3H3. The van der Waals surface area contributed by atoms with Gasteiger partial charge in [0, 0.05) is 12.7 Å². The lowest BCUT2D eigenvalue weighted by molar-refractivity contribution is 0.547. The van der Waals surface area contributed by atoms with E-state index in [-0.39, 0.29) is 0 Å². The molecular formula is C14H19N3S. The molecule has 0 atom stereocenters. The molecule has 2 aromatic heterocycles. The van der Waals surface area contributed by atoms with E-state index >= 15 is 0 Å². The van der Waals surface area contributed by atoms with Gasteiger partial charge in [-0.3, -0.25) is 0 Å². The van der Waals surface area contributed by atoms with E-state index in [1.807, 2.05) is 12.3 Å². The first-order valence-corrected chi connectivity index (χ1v) is 7.12. The van der Waals surface area contributed by atoms with E-state index in [1.165, 1.54) is 0 Å². The van der Waals surface area contributed by atoms with Crippen LogP contribution < -0.4 is 5.32 Å². The average Bonchev–Trinajstić information content (AvgIpc) is 2.84. The normalized spacial score (nSPS) is 11.1. The number of nitrogens with one attached hydrogen (secondary N) is 1. The van der Waals surface area contributed by atoms with Gasteiger partial charge in [0.15, 0.2) is 5.82 Å². The second-order valence-corrected chi connectivity index (χ2v) is 5.77. The van der Waals surface area contributed by atoms with Crippen molar-refractivity contribution in [3.63, 3.8) is 0 Å². The molecule has 96 valence electrons. The van der Waals surface area contributed by atoms with Crippen molar-refractivity contribution in [1.29, 1.82) is 0 Å². The van der Waals surface area contributed by atoms with Gasteiger partial charge >= 0.3 is 0 Å².